The molecule has 0 radical (unpaired) electrons. The van der Waals surface area contributed by atoms with Gasteiger partial charge in [-0.1, -0.05) is 6.07 Å². The number of hydrogen-bond acceptors (Lipinski definition) is 4. The van der Waals surface area contributed by atoms with Gasteiger partial charge in [0.25, 0.3) is 0 Å². The van der Waals surface area contributed by atoms with Crippen molar-refractivity contribution in [3.05, 3.63) is 40.3 Å². The lowest BCUT2D eigenvalue weighted by Crippen LogP contribution is -2.43. The summed E-state index contributed by atoms with van der Waals surface area (Å²) in [6.45, 7) is 2.26. The zero-order valence-electron chi connectivity index (χ0n) is 13.1. The highest BCUT2D eigenvalue weighted by molar-refractivity contribution is 7.09. The van der Waals surface area contributed by atoms with E-state index in [1.807, 2.05) is 29.3 Å². The highest BCUT2D eigenvalue weighted by atomic mass is 32.1. The number of thiophene rings is 1. The zero-order chi connectivity index (χ0) is 14.8. The molecule has 2 aromatic heterocycles. The Bertz CT molecular complexity index is 561. The number of rotatable bonds is 5. The van der Waals surface area contributed by atoms with Crippen LogP contribution in [0.1, 0.15) is 16.9 Å². The summed E-state index contributed by atoms with van der Waals surface area (Å²) in [5.41, 5.74) is 1.34. The Hall–Kier alpha value is -1.17. The largest absolute Gasteiger partial charge is 0.305 e. The van der Waals surface area contributed by atoms with E-state index in [4.69, 9.17) is 0 Å². The second kappa shape index (κ2) is 6.30. The topological polar surface area (TPSA) is 24.3 Å². The third-order valence-electron chi connectivity index (χ3n) is 4.43. The van der Waals surface area contributed by atoms with Crippen molar-refractivity contribution in [1.82, 2.24) is 19.6 Å². The fourth-order valence-corrected chi connectivity index (χ4v) is 4.11. The van der Waals surface area contributed by atoms with Crippen LogP contribution in [0.25, 0.3) is 0 Å². The first-order valence-corrected chi connectivity index (χ1v) is 8.42. The number of likely N-dealkylation sites (tertiary alicyclic amines) is 1. The van der Waals surface area contributed by atoms with E-state index in [1.165, 1.54) is 23.4 Å². The molecule has 0 unspecified atom stereocenters. The monoisotopic (exact) mass is 304 g/mol. The van der Waals surface area contributed by atoms with Crippen LogP contribution >= 0.6 is 11.3 Å². The number of likely N-dealkylation sites (N-methyl/N-ethyl adjacent to an activating group) is 1. The van der Waals surface area contributed by atoms with Gasteiger partial charge in [-0.15, -0.1) is 11.3 Å². The zero-order valence-corrected chi connectivity index (χ0v) is 13.9. The summed E-state index contributed by atoms with van der Waals surface area (Å²) in [6, 6.07) is 5.60. The van der Waals surface area contributed by atoms with Crippen LogP contribution in [0.15, 0.2) is 29.9 Å². The van der Waals surface area contributed by atoms with Crippen molar-refractivity contribution in [3.8, 4) is 0 Å². The van der Waals surface area contributed by atoms with Crippen molar-refractivity contribution < 1.29 is 0 Å². The Morgan fingerprint density at radius 2 is 2.29 bits per heavy atom. The van der Waals surface area contributed by atoms with Gasteiger partial charge in [0.05, 0.1) is 6.20 Å². The molecule has 0 saturated carbocycles. The van der Waals surface area contributed by atoms with Crippen molar-refractivity contribution in [3.63, 3.8) is 0 Å². The van der Waals surface area contributed by atoms with Crippen LogP contribution in [0.2, 0.25) is 0 Å². The second-order valence-corrected chi connectivity index (χ2v) is 7.20. The van der Waals surface area contributed by atoms with Crippen LogP contribution in [-0.4, -0.2) is 52.3 Å². The SMILES string of the molecule is CN(C)[C@@H]1CCN(Cc2cccs2)[C@H]1Cc1cnn(C)c1. The molecule has 5 heteroatoms. The van der Waals surface area contributed by atoms with Gasteiger partial charge >= 0.3 is 0 Å². The molecule has 0 N–H and O–H groups in total. The molecule has 0 spiro atoms. The maximum atomic E-state index is 4.32. The molecule has 1 aliphatic rings. The maximum Gasteiger partial charge on any atom is 0.0522 e. The van der Waals surface area contributed by atoms with E-state index >= 15 is 0 Å². The van der Waals surface area contributed by atoms with Crippen LogP contribution in [0.3, 0.4) is 0 Å². The molecule has 3 heterocycles. The molecule has 21 heavy (non-hydrogen) atoms. The molecule has 1 aliphatic heterocycles. The first-order valence-electron chi connectivity index (χ1n) is 7.54. The van der Waals surface area contributed by atoms with Crippen LogP contribution in [0, 0.1) is 0 Å². The van der Waals surface area contributed by atoms with Crippen molar-refractivity contribution in [2.75, 3.05) is 20.6 Å². The van der Waals surface area contributed by atoms with E-state index in [9.17, 15) is 0 Å². The second-order valence-electron chi connectivity index (χ2n) is 6.16. The normalized spacial score (nSPS) is 23.2. The summed E-state index contributed by atoms with van der Waals surface area (Å²) in [5, 5.41) is 6.49. The molecule has 0 amide bonds. The average molecular weight is 304 g/mol. The minimum absolute atomic E-state index is 0.575. The van der Waals surface area contributed by atoms with E-state index in [0.29, 0.717) is 12.1 Å². The fourth-order valence-electron chi connectivity index (χ4n) is 3.38. The predicted molar refractivity (Wildman–Crippen MR) is 87.5 cm³/mol. The lowest BCUT2D eigenvalue weighted by molar-refractivity contribution is 0.179. The van der Waals surface area contributed by atoms with Gasteiger partial charge in [0.1, 0.15) is 0 Å². The lowest BCUT2D eigenvalue weighted by Gasteiger charge is -2.31. The molecule has 0 aliphatic carbocycles. The number of aryl methyl sites for hydroxylation is 1. The van der Waals surface area contributed by atoms with Gasteiger partial charge in [0.15, 0.2) is 0 Å². The van der Waals surface area contributed by atoms with E-state index in [0.717, 1.165) is 13.0 Å². The molecule has 2 atom stereocenters. The fraction of sp³-hybridized carbons (Fsp3) is 0.562. The van der Waals surface area contributed by atoms with Crippen LogP contribution < -0.4 is 0 Å². The first-order chi connectivity index (χ1) is 10.1. The lowest BCUT2D eigenvalue weighted by atomic mass is 10.0. The molecule has 3 rings (SSSR count). The van der Waals surface area contributed by atoms with Crippen LogP contribution in [0.4, 0.5) is 0 Å². The van der Waals surface area contributed by atoms with Gasteiger partial charge in [0.2, 0.25) is 0 Å². The predicted octanol–water partition coefficient (Wildman–Crippen LogP) is 2.23. The van der Waals surface area contributed by atoms with E-state index < -0.39 is 0 Å². The average Bonchev–Trinajstić information content (AvgIpc) is 3.14. The number of hydrogen-bond donors (Lipinski definition) is 0. The standard InChI is InChI=1S/C16H24N4S/c1-18(2)15-6-7-20(12-14-5-4-8-21-14)16(15)9-13-10-17-19(3)11-13/h4-5,8,10-11,15-16H,6-7,9,12H2,1-3H3/t15-,16+/m1/s1. The van der Waals surface area contributed by atoms with Gasteiger partial charge in [0, 0.05) is 43.3 Å². The summed E-state index contributed by atoms with van der Waals surface area (Å²) >= 11 is 1.86. The summed E-state index contributed by atoms with van der Waals surface area (Å²) in [5.74, 6) is 0. The van der Waals surface area contributed by atoms with E-state index in [2.05, 4.69) is 52.7 Å². The highest BCUT2D eigenvalue weighted by Crippen LogP contribution is 2.27. The highest BCUT2D eigenvalue weighted by Gasteiger charge is 2.35. The quantitative estimate of drug-likeness (QED) is 0.846. The molecule has 4 nitrogen and oxygen atoms in total. The first kappa shape index (κ1) is 14.8. The summed E-state index contributed by atoms with van der Waals surface area (Å²) < 4.78 is 1.90. The van der Waals surface area contributed by atoms with Crippen LogP contribution in [-0.2, 0) is 20.0 Å². The summed E-state index contributed by atoms with van der Waals surface area (Å²) in [6.07, 6.45) is 6.49. The van der Waals surface area contributed by atoms with E-state index in [1.54, 1.807) is 0 Å². The van der Waals surface area contributed by atoms with Crippen molar-refractivity contribution >= 4 is 11.3 Å². The maximum absolute atomic E-state index is 4.32. The van der Waals surface area contributed by atoms with Crippen molar-refractivity contribution in [2.24, 2.45) is 7.05 Å². The molecule has 114 valence electrons. The number of aromatic nitrogens is 2. The van der Waals surface area contributed by atoms with Crippen molar-refractivity contribution in [1.29, 1.82) is 0 Å². The smallest absolute Gasteiger partial charge is 0.0522 e. The van der Waals surface area contributed by atoms with Crippen molar-refractivity contribution in [2.45, 2.75) is 31.5 Å². The Morgan fingerprint density at radius 1 is 1.43 bits per heavy atom. The third-order valence-corrected chi connectivity index (χ3v) is 5.29. The third kappa shape index (κ3) is 3.36. The van der Waals surface area contributed by atoms with Gasteiger partial charge < -0.3 is 4.90 Å². The minimum atomic E-state index is 0.575. The number of nitrogens with zero attached hydrogens (tertiary/aromatic N) is 4. The molecule has 1 saturated heterocycles. The molecule has 2 aromatic rings. The Labute approximate surface area is 131 Å². The molecule has 0 bridgehead atoms. The Balaban J connectivity index is 1.75. The van der Waals surface area contributed by atoms with Crippen LogP contribution in [0.5, 0.6) is 0 Å². The summed E-state index contributed by atoms with van der Waals surface area (Å²) in [4.78, 5) is 6.49. The molecular weight excluding hydrogens is 280 g/mol. The van der Waals surface area contributed by atoms with Gasteiger partial charge in [-0.2, -0.15) is 5.10 Å². The summed E-state index contributed by atoms with van der Waals surface area (Å²) in [7, 11) is 6.40. The Morgan fingerprint density at radius 3 is 2.90 bits per heavy atom. The van der Waals surface area contributed by atoms with Gasteiger partial charge in [-0.25, -0.2) is 0 Å². The molecular formula is C16H24N4S. The minimum Gasteiger partial charge on any atom is -0.305 e. The Kier molecular flexibility index (Phi) is 4.42. The van der Waals surface area contributed by atoms with E-state index in [-0.39, 0.29) is 0 Å². The molecule has 1 fully saturated rings. The molecule has 0 aromatic carbocycles. The van der Waals surface area contributed by atoms with Gasteiger partial charge in [-0.05, 0) is 43.9 Å². The van der Waals surface area contributed by atoms with Gasteiger partial charge in [-0.3, -0.25) is 9.58 Å².